The summed E-state index contributed by atoms with van der Waals surface area (Å²) in [6.07, 6.45) is 2.60. The van der Waals surface area contributed by atoms with Gasteiger partial charge in [-0.1, -0.05) is 51.1 Å². The summed E-state index contributed by atoms with van der Waals surface area (Å²) in [5.41, 5.74) is 2.34. The molecule has 2 heterocycles. The Balaban J connectivity index is 1.52. The number of hydrogen-bond acceptors (Lipinski definition) is 4. The number of aliphatic imine (C=N–C) groups is 1. The summed E-state index contributed by atoms with van der Waals surface area (Å²) in [5.74, 6) is 1.31. The first kappa shape index (κ1) is 20.8. The molecule has 0 saturated carbocycles. The van der Waals surface area contributed by atoms with Gasteiger partial charge in [0.1, 0.15) is 5.01 Å². The molecule has 1 saturated heterocycles. The topological polar surface area (TPSA) is 58.5 Å². The fourth-order valence-corrected chi connectivity index (χ4v) is 4.56. The van der Waals surface area contributed by atoms with E-state index in [0.29, 0.717) is 12.5 Å². The molecule has 3 rings (SSSR count). The first-order valence-corrected chi connectivity index (χ1v) is 10.9. The fourth-order valence-electron chi connectivity index (χ4n) is 3.73. The van der Waals surface area contributed by atoms with Crippen LogP contribution in [0.1, 0.15) is 39.3 Å². The maximum atomic E-state index is 6.09. The van der Waals surface area contributed by atoms with Crippen LogP contribution < -0.4 is 10.6 Å². The van der Waals surface area contributed by atoms with Crippen LogP contribution in [-0.2, 0) is 11.3 Å². The van der Waals surface area contributed by atoms with E-state index in [1.165, 1.54) is 6.42 Å². The molecule has 0 radical (unpaired) electrons. The van der Waals surface area contributed by atoms with E-state index in [0.717, 1.165) is 41.8 Å². The second kappa shape index (κ2) is 9.52. The standard InChI is InChI=1S/C22H32N4OS/c1-22(2,3)19-17(11-8-12-27-19)13-24-21(23-4)25-14-18-15-28-20(26-18)16-9-6-5-7-10-16/h5-7,9-10,15,17,19H,8,11-14H2,1-4H3,(H2,23,24,25). The Morgan fingerprint density at radius 2 is 2.04 bits per heavy atom. The maximum Gasteiger partial charge on any atom is 0.191 e. The van der Waals surface area contributed by atoms with Crippen LogP contribution in [-0.4, -0.2) is 37.2 Å². The van der Waals surface area contributed by atoms with Gasteiger partial charge in [0.15, 0.2) is 5.96 Å². The quantitative estimate of drug-likeness (QED) is 0.580. The number of aromatic nitrogens is 1. The van der Waals surface area contributed by atoms with Crippen LogP contribution in [0.3, 0.4) is 0 Å². The molecule has 5 nitrogen and oxygen atoms in total. The average molecular weight is 401 g/mol. The second-order valence-electron chi connectivity index (χ2n) is 8.38. The van der Waals surface area contributed by atoms with E-state index in [2.05, 4.69) is 53.9 Å². The van der Waals surface area contributed by atoms with E-state index in [1.807, 2.05) is 25.2 Å². The highest BCUT2D eigenvalue weighted by Crippen LogP contribution is 2.33. The predicted molar refractivity (Wildman–Crippen MR) is 118 cm³/mol. The van der Waals surface area contributed by atoms with Crippen LogP contribution in [0.25, 0.3) is 10.6 Å². The SMILES string of the molecule is CN=C(NCc1csc(-c2ccccc2)n1)NCC1CCCOC1C(C)(C)C. The number of thiazole rings is 1. The molecule has 1 aliphatic heterocycles. The van der Waals surface area contributed by atoms with Crippen LogP contribution in [0, 0.1) is 11.3 Å². The fraction of sp³-hybridized carbons (Fsp3) is 0.545. The molecule has 6 heteroatoms. The second-order valence-corrected chi connectivity index (χ2v) is 9.23. The molecule has 2 aromatic rings. The highest BCUT2D eigenvalue weighted by molar-refractivity contribution is 7.13. The third-order valence-electron chi connectivity index (χ3n) is 5.06. The Kier molecular flexibility index (Phi) is 7.08. The molecule has 2 unspecified atom stereocenters. The number of nitrogens with one attached hydrogen (secondary N) is 2. The van der Waals surface area contributed by atoms with Crippen molar-refractivity contribution >= 4 is 17.3 Å². The number of hydrogen-bond donors (Lipinski definition) is 2. The van der Waals surface area contributed by atoms with E-state index >= 15 is 0 Å². The molecule has 0 aliphatic carbocycles. The molecule has 0 amide bonds. The smallest absolute Gasteiger partial charge is 0.191 e. The molecule has 1 aromatic heterocycles. The van der Waals surface area contributed by atoms with Crippen molar-refractivity contribution in [3.63, 3.8) is 0 Å². The van der Waals surface area contributed by atoms with Gasteiger partial charge in [0, 0.05) is 37.1 Å². The summed E-state index contributed by atoms with van der Waals surface area (Å²) in [6, 6.07) is 10.3. The molecule has 1 aliphatic rings. The summed E-state index contributed by atoms with van der Waals surface area (Å²) in [5, 5.41) is 10.0. The number of guanidine groups is 1. The van der Waals surface area contributed by atoms with Crippen molar-refractivity contribution < 1.29 is 4.74 Å². The molecule has 1 fully saturated rings. The highest BCUT2D eigenvalue weighted by atomic mass is 32.1. The van der Waals surface area contributed by atoms with Crippen molar-refractivity contribution in [3.8, 4) is 10.6 Å². The molecule has 2 atom stereocenters. The molecule has 2 N–H and O–H groups in total. The first-order chi connectivity index (χ1) is 13.5. The Labute approximate surface area is 172 Å². The maximum absolute atomic E-state index is 6.09. The largest absolute Gasteiger partial charge is 0.377 e. The summed E-state index contributed by atoms with van der Waals surface area (Å²) in [7, 11) is 1.81. The Hall–Kier alpha value is -1.92. The lowest BCUT2D eigenvalue weighted by Crippen LogP contribution is -2.47. The van der Waals surface area contributed by atoms with Crippen molar-refractivity contribution in [1.29, 1.82) is 0 Å². The number of benzene rings is 1. The van der Waals surface area contributed by atoms with Crippen LogP contribution in [0.4, 0.5) is 0 Å². The van der Waals surface area contributed by atoms with E-state index < -0.39 is 0 Å². The van der Waals surface area contributed by atoms with Gasteiger partial charge in [-0.05, 0) is 18.3 Å². The molecule has 152 valence electrons. The zero-order valence-corrected chi connectivity index (χ0v) is 18.2. The molecule has 1 aromatic carbocycles. The summed E-state index contributed by atoms with van der Waals surface area (Å²) in [4.78, 5) is 9.10. The molecule has 0 bridgehead atoms. The number of ether oxygens (including phenoxy) is 1. The van der Waals surface area contributed by atoms with Gasteiger partial charge >= 0.3 is 0 Å². The van der Waals surface area contributed by atoms with Crippen molar-refractivity contribution in [2.24, 2.45) is 16.3 Å². The molecule has 0 spiro atoms. The lowest BCUT2D eigenvalue weighted by atomic mass is 9.78. The van der Waals surface area contributed by atoms with Crippen LogP contribution in [0.15, 0.2) is 40.7 Å². The Morgan fingerprint density at radius 1 is 1.25 bits per heavy atom. The van der Waals surface area contributed by atoms with Gasteiger partial charge in [-0.3, -0.25) is 4.99 Å². The van der Waals surface area contributed by atoms with Gasteiger partial charge in [0.2, 0.25) is 0 Å². The summed E-state index contributed by atoms with van der Waals surface area (Å²) >= 11 is 1.67. The van der Waals surface area contributed by atoms with Crippen LogP contribution >= 0.6 is 11.3 Å². The minimum absolute atomic E-state index is 0.151. The van der Waals surface area contributed by atoms with Gasteiger partial charge in [-0.2, -0.15) is 0 Å². The molecular formula is C22H32N4OS. The number of rotatable bonds is 5. The van der Waals surface area contributed by atoms with Crippen molar-refractivity contribution in [2.75, 3.05) is 20.2 Å². The van der Waals surface area contributed by atoms with Gasteiger partial charge in [0.25, 0.3) is 0 Å². The Bertz CT molecular complexity index is 766. The minimum atomic E-state index is 0.151. The third-order valence-corrected chi connectivity index (χ3v) is 6.00. The summed E-state index contributed by atoms with van der Waals surface area (Å²) < 4.78 is 6.09. The zero-order valence-electron chi connectivity index (χ0n) is 17.4. The zero-order chi connectivity index (χ0) is 20.0. The first-order valence-electron chi connectivity index (χ1n) is 10.0. The van der Waals surface area contributed by atoms with Crippen LogP contribution in [0.2, 0.25) is 0 Å². The molecular weight excluding hydrogens is 368 g/mol. The van der Waals surface area contributed by atoms with Gasteiger partial charge in [-0.15, -0.1) is 11.3 Å². The number of nitrogens with zero attached hydrogens (tertiary/aromatic N) is 2. The van der Waals surface area contributed by atoms with E-state index in [9.17, 15) is 0 Å². The molecule has 28 heavy (non-hydrogen) atoms. The van der Waals surface area contributed by atoms with Gasteiger partial charge in [-0.25, -0.2) is 4.98 Å². The predicted octanol–water partition coefficient (Wildman–Crippen LogP) is 4.32. The van der Waals surface area contributed by atoms with Crippen molar-refractivity contribution in [3.05, 3.63) is 41.4 Å². The third kappa shape index (κ3) is 5.55. The van der Waals surface area contributed by atoms with E-state index in [-0.39, 0.29) is 11.5 Å². The van der Waals surface area contributed by atoms with Gasteiger partial charge < -0.3 is 15.4 Å². The average Bonchev–Trinajstić information content (AvgIpc) is 3.17. The van der Waals surface area contributed by atoms with Crippen LogP contribution in [0.5, 0.6) is 0 Å². The summed E-state index contributed by atoms with van der Waals surface area (Å²) in [6.45, 7) is 9.18. The van der Waals surface area contributed by atoms with Crippen molar-refractivity contribution in [2.45, 2.75) is 46.3 Å². The lowest BCUT2D eigenvalue weighted by Gasteiger charge is -2.40. The lowest BCUT2D eigenvalue weighted by molar-refractivity contribution is -0.0835. The monoisotopic (exact) mass is 400 g/mol. The van der Waals surface area contributed by atoms with E-state index in [4.69, 9.17) is 9.72 Å². The van der Waals surface area contributed by atoms with Gasteiger partial charge in [0.05, 0.1) is 18.3 Å². The highest BCUT2D eigenvalue weighted by Gasteiger charge is 2.35. The minimum Gasteiger partial charge on any atom is -0.377 e. The van der Waals surface area contributed by atoms with Crippen molar-refractivity contribution in [1.82, 2.24) is 15.6 Å². The van der Waals surface area contributed by atoms with E-state index in [1.54, 1.807) is 11.3 Å². The normalized spacial score (nSPS) is 20.8. The Morgan fingerprint density at radius 3 is 2.75 bits per heavy atom.